The second-order valence-corrected chi connectivity index (χ2v) is 18.1. The molecule has 0 fully saturated rings. The second kappa shape index (κ2) is 51.8. The molecule has 0 radical (unpaired) electrons. The first-order valence-electron chi connectivity index (χ1n) is 27.1. The molecule has 0 rings (SSSR count). The SMILES string of the molecule is CC/C=C/C=C/C=C\C=C/C=C/CCCC(=O)OC(CCCCC/C=C/C=C/C=C/CCCCCCC)CC(=O)NC(CO)C(O)CCCCCCCCCCCCCCCCCCC. The zero-order valence-corrected chi connectivity index (χ0v) is 42.3. The van der Waals surface area contributed by atoms with Crippen LogP contribution in [0, 0.1) is 0 Å². The summed E-state index contributed by atoms with van der Waals surface area (Å²) in [6.07, 6.45) is 69.0. The number of esters is 1. The number of hydrogen-bond donors (Lipinski definition) is 3. The average Bonchev–Trinajstić information content (AvgIpc) is 3.30. The number of carbonyl (C=O) groups is 2. The van der Waals surface area contributed by atoms with Gasteiger partial charge in [-0.2, -0.15) is 0 Å². The highest BCUT2D eigenvalue weighted by Crippen LogP contribution is 2.17. The molecule has 0 saturated heterocycles. The van der Waals surface area contributed by atoms with E-state index in [4.69, 9.17) is 4.74 Å². The van der Waals surface area contributed by atoms with Crippen molar-refractivity contribution in [1.29, 1.82) is 0 Å². The molecule has 0 aliphatic carbocycles. The van der Waals surface area contributed by atoms with Gasteiger partial charge >= 0.3 is 5.97 Å². The van der Waals surface area contributed by atoms with E-state index in [0.29, 0.717) is 19.3 Å². The standard InChI is InChI=1S/C59H101NO5/c1-4-7-10-13-16-19-22-25-27-29-31-34-36-39-42-45-48-51-57(62)56(54-61)60-58(63)53-55(50-47-44-41-38-35-33-30-28-26-23-20-17-14-11-8-5-2)65-59(64)52-49-46-43-40-37-32-24-21-18-15-12-9-6-3/h9,12,15,18,21,23-24,26,28,30,32-33,35,37,40,43,55-57,61-62H,4-8,10-11,13-14,16-17,19-20,22,25,27,29,31,34,36,38-39,41-42,44-54H2,1-3H3,(H,60,63)/b12-9+,18-15+,24-21-,26-23+,30-28+,35-33+,37-32-,43-40+. The third kappa shape index (κ3) is 47.1. The first-order chi connectivity index (χ1) is 32.0. The number of amides is 1. The number of rotatable bonds is 47. The minimum Gasteiger partial charge on any atom is -0.462 e. The highest BCUT2D eigenvalue weighted by molar-refractivity contribution is 5.77. The van der Waals surface area contributed by atoms with Gasteiger partial charge in [-0.3, -0.25) is 9.59 Å². The lowest BCUT2D eigenvalue weighted by atomic mass is 10.0. The van der Waals surface area contributed by atoms with Crippen LogP contribution in [-0.2, 0) is 14.3 Å². The van der Waals surface area contributed by atoms with E-state index in [0.717, 1.165) is 64.2 Å². The summed E-state index contributed by atoms with van der Waals surface area (Å²) >= 11 is 0. The van der Waals surface area contributed by atoms with Crippen LogP contribution in [0.2, 0.25) is 0 Å². The molecule has 3 atom stereocenters. The van der Waals surface area contributed by atoms with Gasteiger partial charge in [0.15, 0.2) is 0 Å². The molecular formula is C59H101NO5. The maximum Gasteiger partial charge on any atom is 0.306 e. The molecule has 3 unspecified atom stereocenters. The van der Waals surface area contributed by atoms with E-state index in [1.54, 1.807) is 0 Å². The molecule has 65 heavy (non-hydrogen) atoms. The van der Waals surface area contributed by atoms with Crippen molar-refractivity contribution in [3.8, 4) is 0 Å². The van der Waals surface area contributed by atoms with E-state index in [1.165, 1.54) is 122 Å². The number of ether oxygens (including phenoxy) is 1. The Morgan fingerprint density at radius 2 is 0.831 bits per heavy atom. The Hall–Kier alpha value is -3.22. The van der Waals surface area contributed by atoms with Gasteiger partial charge in [0.2, 0.25) is 5.91 Å². The Bertz CT molecular complexity index is 1290. The van der Waals surface area contributed by atoms with Crippen molar-refractivity contribution in [2.45, 2.75) is 257 Å². The zero-order valence-electron chi connectivity index (χ0n) is 42.3. The number of carbonyl (C=O) groups excluding carboxylic acids is 2. The lowest BCUT2D eigenvalue weighted by molar-refractivity contribution is -0.151. The largest absolute Gasteiger partial charge is 0.462 e. The van der Waals surface area contributed by atoms with E-state index in [1.807, 2.05) is 54.7 Å². The van der Waals surface area contributed by atoms with E-state index in [-0.39, 0.29) is 31.3 Å². The molecule has 6 heteroatoms. The quantitative estimate of drug-likeness (QED) is 0.0321. The van der Waals surface area contributed by atoms with Crippen LogP contribution in [-0.4, -0.2) is 46.9 Å². The lowest BCUT2D eigenvalue weighted by Gasteiger charge is -2.24. The Labute approximate surface area is 401 Å². The minimum atomic E-state index is -0.815. The van der Waals surface area contributed by atoms with Crippen LogP contribution in [0.1, 0.15) is 239 Å². The van der Waals surface area contributed by atoms with Crippen LogP contribution in [0.25, 0.3) is 0 Å². The second-order valence-electron chi connectivity index (χ2n) is 18.1. The smallest absolute Gasteiger partial charge is 0.306 e. The molecule has 372 valence electrons. The van der Waals surface area contributed by atoms with E-state index >= 15 is 0 Å². The lowest BCUT2D eigenvalue weighted by Crippen LogP contribution is -2.46. The molecule has 0 saturated carbocycles. The van der Waals surface area contributed by atoms with Crippen LogP contribution in [0.3, 0.4) is 0 Å². The van der Waals surface area contributed by atoms with Crippen LogP contribution >= 0.6 is 0 Å². The third-order valence-corrected chi connectivity index (χ3v) is 11.8. The van der Waals surface area contributed by atoms with E-state index in [9.17, 15) is 19.8 Å². The molecule has 0 spiro atoms. The minimum absolute atomic E-state index is 0.0212. The third-order valence-electron chi connectivity index (χ3n) is 11.8. The Kier molecular flexibility index (Phi) is 49.2. The van der Waals surface area contributed by atoms with E-state index < -0.39 is 18.2 Å². The predicted molar refractivity (Wildman–Crippen MR) is 282 cm³/mol. The van der Waals surface area contributed by atoms with Crippen LogP contribution in [0.15, 0.2) is 97.2 Å². The molecular weight excluding hydrogens is 803 g/mol. The fraction of sp³-hybridized carbons (Fsp3) is 0.695. The Morgan fingerprint density at radius 3 is 1.28 bits per heavy atom. The van der Waals surface area contributed by atoms with E-state index in [2.05, 4.69) is 68.6 Å². The fourth-order valence-electron chi connectivity index (χ4n) is 7.76. The summed E-state index contributed by atoms with van der Waals surface area (Å²) in [5.74, 6) is -0.600. The van der Waals surface area contributed by atoms with Gasteiger partial charge in [-0.25, -0.2) is 0 Å². The maximum atomic E-state index is 13.2. The summed E-state index contributed by atoms with van der Waals surface area (Å²) in [6, 6.07) is -0.734. The van der Waals surface area contributed by atoms with Crippen molar-refractivity contribution in [2.24, 2.45) is 0 Å². The highest BCUT2D eigenvalue weighted by Gasteiger charge is 2.24. The summed E-state index contributed by atoms with van der Waals surface area (Å²) < 4.78 is 5.88. The number of unbranched alkanes of at least 4 members (excludes halogenated alkanes) is 25. The van der Waals surface area contributed by atoms with Gasteiger partial charge < -0.3 is 20.3 Å². The average molecular weight is 904 g/mol. The molecule has 6 nitrogen and oxygen atoms in total. The molecule has 0 heterocycles. The first kappa shape index (κ1) is 61.8. The molecule has 0 aromatic carbocycles. The summed E-state index contributed by atoms with van der Waals surface area (Å²) in [4.78, 5) is 26.1. The molecule has 0 aliphatic heterocycles. The number of aliphatic hydroxyl groups excluding tert-OH is 2. The van der Waals surface area contributed by atoms with Gasteiger partial charge in [-0.05, 0) is 64.2 Å². The van der Waals surface area contributed by atoms with Crippen molar-refractivity contribution in [2.75, 3.05) is 6.61 Å². The highest BCUT2D eigenvalue weighted by atomic mass is 16.5. The molecule has 1 amide bonds. The number of hydrogen-bond acceptors (Lipinski definition) is 5. The normalized spacial score (nSPS) is 14.0. The number of nitrogens with one attached hydrogen (secondary N) is 1. The first-order valence-corrected chi connectivity index (χ1v) is 27.1. The number of allylic oxidation sites excluding steroid dienone is 16. The molecule has 3 N–H and O–H groups in total. The van der Waals surface area contributed by atoms with Gasteiger partial charge in [-0.15, -0.1) is 0 Å². The topological polar surface area (TPSA) is 95.9 Å². The van der Waals surface area contributed by atoms with Gasteiger partial charge in [-0.1, -0.05) is 259 Å². The summed E-state index contributed by atoms with van der Waals surface area (Å²) in [5.41, 5.74) is 0. The summed E-state index contributed by atoms with van der Waals surface area (Å²) in [5, 5.41) is 23.8. The van der Waals surface area contributed by atoms with Gasteiger partial charge in [0.25, 0.3) is 0 Å². The maximum absolute atomic E-state index is 13.2. The van der Waals surface area contributed by atoms with Crippen molar-refractivity contribution < 1.29 is 24.5 Å². The van der Waals surface area contributed by atoms with Crippen LogP contribution < -0.4 is 5.32 Å². The van der Waals surface area contributed by atoms with Crippen molar-refractivity contribution in [3.63, 3.8) is 0 Å². The summed E-state index contributed by atoms with van der Waals surface area (Å²) in [7, 11) is 0. The summed E-state index contributed by atoms with van der Waals surface area (Å²) in [6.45, 7) is 6.30. The van der Waals surface area contributed by atoms with Crippen LogP contribution in [0.4, 0.5) is 0 Å². The van der Waals surface area contributed by atoms with Gasteiger partial charge in [0.1, 0.15) is 6.10 Å². The van der Waals surface area contributed by atoms with Gasteiger partial charge in [0.05, 0.1) is 25.2 Å². The Balaban J connectivity index is 4.70. The molecule has 0 aromatic rings. The number of aliphatic hydroxyl groups is 2. The molecule has 0 aromatic heterocycles. The predicted octanol–water partition coefficient (Wildman–Crippen LogP) is 16.5. The van der Waals surface area contributed by atoms with Crippen LogP contribution in [0.5, 0.6) is 0 Å². The fourth-order valence-corrected chi connectivity index (χ4v) is 7.76. The van der Waals surface area contributed by atoms with Crippen molar-refractivity contribution in [1.82, 2.24) is 5.32 Å². The van der Waals surface area contributed by atoms with Crippen molar-refractivity contribution in [3.05, 3.63) is 97.2 Å². The molecule has 0 aliphatic rings. The Morgan fingerprint density at radius 1 is 0.462 bits per heavy atom. The molecule has 0 bridgehead atoms. The van der Waals surface area contributed by atoms with Crippen molar-refractivity contribution >= 4 is 11.9 Å². The monoisotopic (exact) mass is 904 g/mol. The zero-order chi connectivity index (χ0) is 47.4. The van der Waals surface area contributed by atoms with Gasteiger partial charge in [0, 0.05) is 6.42 Å².